The maximum absolute atomic E-state index is 11.2. The number of para-hydroxylation sites is 1. The Kier molecular flexibility index (Phi) is 4.73. The number of hydrogen-bond acceptors (Lipinski definition) is 5. The van der Waals surface area contributed by atoms with Gasteiger partial charge in [-0.2, -0.15) is 0 Å². The summed E-state index contributed by atoms with van der Waals surface area (Å²) in [6.07, 6.45) is 1.80. The van der Waals surface area contributed by atoms with Crippen LogP contribution in [0, 0.1) is 0 Å². The first-order chi connectivity index (χ1) is 11.3. The molecule has 2 heterocycles. The second-order valence-corrected chi connectivity index (χ2v) is 5.46. The van der Waals surface area contributed by atoms with Gasteiger partial charge >= 0.3 is 0 Å². The number of carbonyl (C=O) groups excluding carboxylic acids is 1. The van der Waals surface area contributed by atoms with Crippen molar-refractivity contribution in [2.45, 2.75) is 0 Å². The van der Waals surface area contributed by atoms with Crippen LogP contribution in [0.15, 0.2) is 48.7 Å². The largest absolute Gasteiger partial charge is 0.368 e. The third-order valence-corrected chi connectivity index (χ3v) is 3.97. The van der Waals surface area contributed by atoms with E-state index < -0.39 is 0 Å². The Morgan fingerprint density at radius 1 is 1.00 bits per heavy atom. The van der Waals surface area contributed by atoms with Crippen LogP contribution in [0.25, 0.3) is 0 Å². The van der Waals surface area contributed by atoms with Crippen LogP contribution in [0.2, 0.25) is 0 Å². The zero-order chi connectivity index (χ0) is 16.1. The smallest absolute Gasteiger partial charge is 0.239 e. The van der Waals surface area contributed by atoms with Crippen molar-refractivity contribution in [1.82, 2.24) is 4.98 Å². The number of pyridine rings is 1. The molecule has 6 nitrogen and oxygen atoms in total. The predicted octanol–water partition coefficient (Wildman–Crippen LogP) is 1.31. The van der Waals surface area contributed by atoms with Crippen LogP contribution in [-0.2, 0) is 4.79 Å². The van der Waals surface area contributed by atoms with Gasteiger partial charge in [0.15, 0.2) is 0 Å². The van der Waals surface area contributed by atoms with Gasteiger partial charge in [-0.05, 0) is 24.3 Å². The summed E-state index contributed by atoms with van der Waals surface area (Å²) in [5, 5.41) is 2.65. The van der Waals surface area contributed by atoms with E-state index in [-0.39, 0.29) is 12.5 Å². The van der Waals surface area contributed by atoms with Gasteiger partial charge in [0.1, 0.15) is 5.82 Å². The standard InChI is InChI=1S/C17H21N5O/c18-12-17(23)20-16-7-6-15(13-19-16)22-10-8-21(9-11-22)14-4-2-1-3-5-14/h1-7,13H,8-12,18H2,(H,19,20,23). The molecule has 120 valence electrons. The van der Waals surface area contributed by atoms with Crippen molar-refractivity contribution < 1.29 is 4.79 Å². The molecular weight excluding hydrogens is 290 g/mol. The number of nitrogens with zero attached hydrogens (tertiary/aromatic N) is 3. The van der Waals surface area contributed by atoms with Gasteiger partial charge < -0.3 is 20.9 Å². The van der Waals surface area contributed by atoms with Gasteiger partial charge in [0.05, 0.1) is 18.4 Å². The minimum absolute atomic E-state index is 0.0368. The Morgan fingerprint density at radius 2 is 1.65 bits per heavy atom. The molecule has 0 aliphatic carbocycles. The SMILES string of the molecule is NCC(=O)Nc1ccc(N2CCN(c3ccccc3)CC2)cn1. The Hall–Kier alpha value is -2.60. The van der Waals surface area contributed by atoms with Crippen molar-refractivity contribution in [2.24, 2.45) is 5.73 Å². The lowest BCUT2D eigenvalue weighted by Gasteiger charge is -2.37. The first-order valence-electron chi connectivity index (χ1n) is 7.77. The molecule has 1 aliphatic rings. The molecule has 0 bridgehead atoms. The van der Waals surface area contributed by atoms with Gasteiger partial charge in [0.25, 0.3) is 0 Å². The molecule has 2 aromatic rings. The van der Waals surface area contributed by atoms with Crippen molar-refractivity contribution in [1.29, 1.82) is 0 Å². The van der Waals surface area contributed by atoms with Crippen LogP contribution in [0.4, 0.5) is 17.2 Å². The third kappa shape index (κ3) is 3.78. The number of rotatable bonds is 4. The predicted molar refractivity (Wildman–Crippen MR) is 92.8 cm³/mol. The average Bonchev–Trinajstić information content (AvgIpc) is 2.63. The molecule has 0 atom stereocenters. The molecule has 0 unspecified atom stereocenters. The van der Waals surface area contributed by atoms with Crippen LogP contribution in [-0.4, -0.2) is 43.6 Å². The first kappa shape index (κ1) is 15.3. The highest BCUT2D eigenvalue weighted by Crippen LogP contribution is 2.20. The summed E-state index contributed by atoms with van der Waals surface area (Å²) in [4.78, 5) is 20.2. The van der Waals surface area contributed by atoms with Crippen LogP contribution >= 0.6 is 0 Å². The van der Waals surface area contributed by atoms with Crippen LogP contribution < -0.4 is 20.9 Å². The molecule has 1 fully saturated rings. The van der Waals surface area contributed by atoms with Crippen LogP contribution in [0.5, 0.6) is 0 Å². The zero-order valence-corrected chi connectivity index (χ0v) is 13.0. The molecular formula is C17H21N5O. The van der Waals surface area contributed by atoms with E-state index in [2.05, 4.69) is 44.4 Å². The lowest BCUT2D eigenvalue weighted by Crippen LogP contribution is -2.46. The Morgan fingerprint density at radius 3 is 2.22 bits per heavy atom. The van der Waals surface area contributed by atoms with Gasteiger partial charge in [-0.25, -0.2) is 4.98 Å². The molecule has 1 aliphatic heterocycles. The van der Waals surface area contributed by atoms with E-state index in [1.165, 1.54) is 5.69 Å². The Labute approximate surface area is 135 Å². The molecule has 1 amide bonds. The maximum Gasteiger partial charge on any atom is 0.239 e. The molecule has 1 aromatic carbocycles. The van der Waals surface area contributed by atoms with Gasteiger partial charge in [-0.3, -0.25) is 4.79 Å². The molecule has 0 radical (unpaired) electrons. The number of hydrogen-bond donors (Lipinski definition) is 2. The fourth-order valence-electron chi connectivity index (χ4n) is 2.70. The highest BCUT2D eigenvalue weighted by atomic mass is 16.1. The van der Waals surface area contributed by atoms with E-state index in [4.69, 9.17) is 5.73 Å². The summed E-state index contributed by atoms with van der Waals surface area (Å²) in [6, 6.07) is 14.3. The highest BCUT2D eigenvalue weighted by molar-refractivity contribution is 5.91. The normalized spacial score (nSPS) is 14.7. The second-order valence-electron chi connectivity index (χ2n) is 5.46. The quantitative estimate of drug-likeness (QED) is 0.890. The summed E-state index contributed by atoms with van der Waals surface area (Å²) in [6.45, 7) is 3.83. The van der Waals surface area contributed by atoms with Crippen molar-refractivity contribution in [3.63, 3.8) is 0 Å². The third-order valence-electron chi connectivity index (χ3n) is 3.97. The van der Waals surface area contributed by atoms with Crippen LogP contribution in [0.3, 0.4) is 0 Å². The Bertz CT molecular complexity index is 636. The number of carbonyl (C=O) groups is 1. The van der Waals surface area contributed by atoms with E-state index in [0.29, 0.717) is 5.82 Å². The van der Waals surface area contributed by atoms with Gasteiger partial charge in [-0.1, -0.05) is 18.2 Å². The molecule has 0 spiro atoms. The number of aromatic nitrogens is 1. The summed E-state index contributed by atoms with van der Waals surface area (Å²) >= 11 is 0. The van der Waals surface area contributed by atoms with Crippen molar-refractivity contribution in [3.05, 3.63) is 48.7 Å². The van der Waals surface area contributed by atoms with Gasteiger partial charge in [0.2, 0.25) is 5.91 Å². The molecule has 1 saturated heterocycles. The lowest BCUT2D eigenvalue weighted by atomic mass is 10.2. The zero-order valence-electron chi connectivity index (χ0n) is 13.0. The molecule has 23 heavy (non-hydrogen) atoms. The average molecular weight is 311 g/mol. The summed E-state index contributed by atoms with van der Waals surface area (Å²) in [5.41, 5.74) is 7.62. The fourth-order valence-corrected chi connectivity index (χ4v) is 2.70. The lowest BCUT2D eigenvalue weighted by molar-refractivity contribution is -0.114. The van der Waals surface area contributed by atoms with E-state index in [1.54, 1.807) is 6.20 Å². The summed E-state index contributed by atoms with van der Waals surface area (Å²) in [5.74, 6) is 0.300. The molecule has 3 rings (SSSR count). The minimum atomic E-state index is -0.235. The number of nitrogens with one attached hydrogen (secondary N) is 1. The summed E-state index contributed by atoms with van der Waals surface area (Å²) < 4.78 is 0. The fraction of sp³-hybridized carbons (Fsp3) is 0.294. The first-order valence-corrected chi connectivity index (χ1v) is 7.77. The van der Waals surface area contributed by atoms with E-state index in [0.717, 1.165) is 31.9 Å². The number of piperazine rings is 1. The maximum atomic E-state index is 11.2. The Balaban J connectivity index is 1.58. The molecule has 0 saturated carbocycles. The van der Waals surface area contributed by atoms with E-state index in [1.807, 2.05) is 18.2 Å². The van der Waals surface area contributed by atoms with E-state index in [9.17, 15) is 4.79 Å². The second kappa shape index (κ2) is 7.11. The molecule has 6 heteroatoms. The van der Waals surface area contributed by atoms with Crippen molar-refractivity contribution in [2.75, 3.05) is 47.8 Å². The van der Waals surface area contributed by atoms with Gasteiger partial charge in [-0.15, -0.1) is 0 Å². The van der Waals surface area contributed by atoms with Crippen molar-refractivity contribution >= 4 is 23.1 Å². The number of benzene rings is 1. The molecule has 3 N–H and O–H groups in total. The number of nitrogens with two attached hydrogens (primary N) is 1. The summed E-state index contributed by atoms with van der Waals surface area (Å²) in [7, 11) is 0. The number of amides is 1. The highest BCUT2D eigenvalue weighted by Gasteiger charge is 2.17. The van der Waals surface area contributed by atoms with Crippen LogP contribution in [0.1, 0.15) is 0 Å². The molecule has 1 aromatic heterocycles. The van der Waals surface area contributed by atoms with E-state index >= 15 is 0 Å². The van der Waals surface area contributed by atoms with Gasteiger partial charge in [0, 0.05) is 31.9 Å². The minimum Gasteiger partial charge on any atom is -0.368 e. The van der Waals surface area contributed by atoms with Crippen molar-refractivity contribution in [3.8, 4) is 0 Å². The number of anilines is 3. The topological polar surface area (TPSA) is 74.5 Å². The monoisotopic (exact) mass is 311 g/mol.